The van der Waals surface area contributed by atoms with Gasteiger partial charge in [0.15, 0.2) is 0 Å². The maximum Gasteiger partial charge on any atom is 0.223 e. The summed E-state index contributed by atoms with van der Waals surface area (Å²) >= 11 is 0. The van der Waals surface area contributed by atoms with Crippen molar-refractivity contribution in [1.29, 1.82) is 0 Å². The molecule has 0 spiro atoms. The average molecular weight is 392 g/mol. The number of hydrogen-bond acceptors (Lipinski definition) is 3. The molecule has 1 aliphatic heterocycles. The van der Waals surface area contributed by atoms with Crippen LogP contribution in [0, 0.1) is 6.92 Å². The number of ether oxygens (including phenoxy) is 1. The molecule has 5 heteroatoms. The van der Waals surface area contributed by atoms with Crippen molar-refractivity contribution in [2.75, 3.05) is 19.7 Å². The van der Waals surface area contributed by atoms with Gasteiger partial charge in [0.25, 0.3) is 0 Å². The van der Waals surface area contributed by atoms with Gasteiger partial charge in [-0.1, -0.05) is 30.3 Å². The van der Waals surface area contributed by atoms with E-state index >= 15 is 0 Å². The van der Waals surface area contributed by atoms with Crippen LogP contribution in [-0.4, -0.2) is 40.1 Å². The zero-order chi connectivity index (χ0) is 20.2. The van der Waals surface area contributed by atoms with Crippen molar-refractivity contribution in [2.45, 2.75) is 45.6 Å². The van der Waals surface area contributed by atoms with E-state index in [4.69, 9.17) is 9.72 Å². The Bertz CT molecular complexity index is 995. The molecule has 5 nitrogen and oxygen atoms in total. The first-order chi connectivity index (χ1) is 14.2. The molecular formula is C24H29N3O2. The molecular weight excluding hydrogens is 362 g/mol. The predicted octanol–water partition coefficient (Wildman–Crippen LogP) is 4.54. The van der Waals surface area contributed by atoms with Crippen LogP contribution in [0.4, 0.5) is 0 Å². The van der Waals surface area contributed by atoms with Crippen molar-refractivity contribution in [2.24, 2.45) is 0 Å². The molecule has 0 saturated carbocycles. The van der Waals surface area contributed by atoms with Crippen molar-refractivity contribution in [1.82, 2.24) is 14.5 Å². The fraction of sp³-hybridized carbons (Fsp3) is 0.417. The molecule has 3 aromatic rings. The zero-order valence-electron chi connectivity index (χ0n) is 17.3. The number of nitrogens with zero attached hydrogens (tertiary/aromatic N) is 3. The molecule has 1 saturated heterocycles. The third-order valence-corrected chi connectivity index (χ3v) is 5.77. The second-order valence-electron chi connectivity index (χ2n) is 7.76. The van der Waals surface area contributed by atoms with Gasteiger partial charge >= 0.3 is 0 Å². The predicted molar refractivity (Wildman–Crippen MR) is 115 cm³/mol. The van der Waals surface area contributed by atoms with Crippen molar-refractivity contribution >= 4 is 16.9 Å². The van der Waals surface area contributed by atoms with E-state index in [9.17, 15) is 4.79 Å². The molecule has 1 amide bonds. The first-order valence-electron chi connectivity index (χ1n) is 10.6. The maximum absolute atomic E-state index is 12.2. The SMILES string of the molecule is CCN1CC(c2nc3ccccc3n2CCCCOc2ccccc2C)CC1=O. The normalized spacial score (nSPS) is 16.7. The third kappa shape index (κ3) is 4.14. The van der Waals surface area contributed by atoms with Gasteiger partial charge in [-0.05, 0) is 50.5 Å². The highest BCUT2D eigenvalue weighted by molar-refractivity contribution is 5.80. The number of amides is 1. The van der Waals surface area contributed by atoms with Gasteiger partial charge in [0.1, 0.15) is 11.6 Å². The van der Waals surface area contributed by atoms with Crippen LogP contribution in [0.2, 0.25) is 0 Å². The monoisotopic (exact) mass is 391 g/mol. The van der Waals surface area contributed by atoms with Gasteiger partial charge in [0, 0.05) is 32.0 Å². The number of unbranched alkanes of at least 4 members (excludes halogenated alkanes) is 1. The van der Waals surface area contributed by atoms with E-state index in [0.29, 0.717) is 13.0 Å². The van der Waals surface area contributed by atoms with Crippen LogP contribution in [0.1, 0.15) is 43.5 Å². The number of rotatable bonds is 8. The lowest BCUT2D eigenvalue weighted by Crippen LogP contribution is -2.24. The number of imidazole rings is 1. The molecule has 4 rings (SSSR count). The summed E-state index contributed by atoms with van der Waals surface area (Å²) in [6.07, 6.45) is 2.55. The van der Waals surface area contributed by atoms with Gasteiger partial charge < -0.3 is 14.2 Å². The van der Waals surface area contributed by atoms with Crippen molar-refractivity contribution in [3.8, 4) is 5.75 Å². The number of likely N-dealkylation sites (N-methyl/N-ethyl adjacent to an activating group) is 1. The second kappa shape index (κ2) is 8.68. The maximum atomic E-state index is 12.2. The van der Waals surface area contributed by atoms with Crippen LogP contribution in [0.25, 0.3) is 11.0 Å². The van der Waals surface area contributed by atoms with Crippen molar-refractivity contribution in [3.63, 3.8) is 0 Å². The van der Waals surface area contributed by atoms with Gasteiger partial charge in [-0.15, -0.1) is 0 Å². The molecule has 0 radical (unpaired) electrons. The Morgan fingerprint density at radius 1 is 1.10 bits per heavy atom. The largest absolute Gasteiger partial charge is 0.493 e. The molecule has 152 valence electrons. The van der Waals surface area contributed by atoms with Gasteiger partial charge in [-0.25, -0.2) is 4.98 Å². The summed E-state index contributed by atoms with van der Waals surface area (Å²) in [5.41, 5.74) is 3.34. The summed E-state index contributed by atoms with van der Waals surface area (Å²) in [5.74, 6) is 2.43. The fourth-order valence-electron chi connectivity index (χ4n) is 4.16. The molecule has 1 aliphatic rings. The van der Waals surface area contributed by atoms with Gasteiger partial charge in [0.05, 0.1) is 17.6 Å². The molecule has 2 heterocycles. The quantitative estimate of drug-likeness (QED) is 0.530. The minimum absolute atomic E-state index is 0.179. The molecule has 2 aromatic carbocycles. The summed E-state index contributed by atoms with van der Waals surface area (Å²) in [5, 5.41) is 0. The van der Waals surface area contributed by atoms with E-state index in [-0.39, 0.29) is 11.8 Å². The number of aryl methyl sites for hydroxylation is 2. The summed E-state index contributed by atoms with van der Waals surface area (Å²) in [6.45, 7) is 7.25. The number of para-hydroxylation sites is 3. The van der Waals surface area contributed by atoms with Crippen molar-refractivity contribution in [3.05, 3.63) is 59.9 Å². The number of benzene rings is 2. The molecule has 1 atom stereocenters. The fourth-order valence-corrected chi connectivity index (χ4v) is 4.16. The van der Waals surface area contributed by atoms with E-state index in [1.54, 1.807) is 0 Å². The van der Waals surface area contributed by atoms with E-state index < -0.39 is 0 Å². The zero-order valence-corrected chi connectivity index (χ0v) is 17.3. The molecule has 0 aliphatic carbocycles. The first kappa shape index (κ1) is 19.5. The molecule has 29 heavy (non-hydrogen) atoms. The lowest BCUT2D eigenvalue weighted by molar-refractivity contribution is -0.127. The minimum Gasteiger partial charge on any atom is -0.493 e. The van der Waals surface area contributed by atoms with E-state index in [1.807, 2.05) is 36.1 Å². The number of fused-ring (bicyclic) bond motifs is 1. The summed E-state index contributed by atoms with van der Waals surface area (Å²) < 4.78 is 8.26. The average Bonchev–Trinajstić information content (AvgIpc) is 3.29. The van der Waals surface area contributed by atoms with Crippen LogP contribution in [0.3, 0.4) is 0 Å². The smallest absolute Gasteiger partial charge is 0.223 e. The second-order valence-corrected chi connectivity index (χ2v) is 7.76. The highest BCUT2D eigenvalue weighted by Crippen LogP contribution is 2.30. The third-order valence-electron chi connectivity index (χ3n) is 5.77. The summed E-state index contributed by atoms with van der Waals surface area (Å²) in [7, 11) is 0. The Labute approximate surface area is 172 Å². The first-order valence-corrected chi connectivity index (χ1v) is 10.6. The van der Waals surface area contributed by atoms with E-state index in [2.05, 4.69) is 35.8 Å². The number of hydrogen-bond donors (Lipinski definition) is 0. The summed E-state index contributed by atoms with van der Waals surface area (Å²) in [4.78, 5) is 19.1. The molecule has 0 bridgehead atoms. The lowest BCUT2D eigenvalue weighted by Gasteiger charge is -2.15. The van der Waals surface area contributed by atoms with E-state index in [0.717, 1.165) is 55.1 Å². The molecule has 0 N–H and O–H groups in total. The van der Waals surface area contributed by atoms with Crippen LogP contribution in [0.15, 0.2) is 48.5 Å². The minimum atomic E-state index is 0.179. The standard InChI is InChI=1S/C24H29N3O2/c1-3-26-17-19(16-23(26)28)24-25-20-11-5-6-12-21(20)27(24)14-8-9-15-29-22-13-7-4-10-18(22)2/h4-7,10-13,19H,3,8-9,14-17H2,1-2H3. The van der Waals surface area contributed by atoms with Crippen LogP contribution in [0.5, 0.6) is 5.75 Å². The van der Waals surface area contributed by atoms with Crippen LogP contribution < -0.4 is 4.74 Å². The van der Waals surface area contributed by atoms with Gasteiger partial charge in [-0.3, -0.25) is 4.79 Å². The van der Waals surface area contributed by atoms with Crippen molar-refractivity contribution < 1.29 is 9.53 Å². The Kier molecular flexibility index (Phi) is 5.84. The lowest BCUT2D eigenvalue weighted by atomic mass is 10.1. The number of aromatic nitrogens is 2. The Morgan fingerprint density at radius 3 is 2.69 bits per heavy atom. The molecule has 1 fully saturated rings. The van der Waals surface area contributed by atoms with Gasteiger partial charge in [0.2, 0.25) is 5.91 Å². The van der Waals surface area contributed by atoms with Crippen LogP contribution >= 0.6 is 0 Å². The highest BCUT2D eigenvalue weighted by Gasteiger charge is 2.32. The Balaban J connectivity index is 1.44. The molecule has 1 unspecified atom stereocenters. The van der Waals surface area contributed by atoms with Gasteiger partial charge in [-0.2, -0.15) is 0 Å². The van der Waals surface area contributed by atoms with E-state index in [1.165, 1.54) is 5.56 Å². The summed E-state index contributed by atoms with van der Waals surface area (Å²) in [6, 6.07) is 16.4. The highest BCUT2D eigenvalue weighted by atomic mass is 16.5. The number of likely N-dealkylation sites (tertiary alicyclic amines) is 1. The Morgan fingerprint density at radius 2 is 1.90 bits per heavy atom. The molecule has 1 aromatic heterocycles. The Hall–Kier alpha value is -2.82. The number of carbonyl (C=O) groups is 1. The van der Waals surface area contributed by atoms with Crippen LogP contribution in [-0.2, 0) is 11.3 Å². The number of carbonyl (C=O) groups excluding carboxylic acids is 1. The topological polar surface area (TPSA) is 47.4 Å².